The van der Waals surface area contributed by atoms with Gasteiger partial charge in [-0.05, 0) is 47.4 Å². The number of benzene rings is 3. The van der Waals surface area contributed by atoms with Crippen molar-refractivity contribution >= 4 is 18.3 Å². The monoisotopic (exact) mass is 420 g/mol. The summed E-state index contributed by atoms with van der Waals surface area (Å²) in [5.41, 5.74) is 4.76. The normalized spacial score (nSPS) is 14.1. The molecule has 4 rings (SSSR count). The van der Waals surface area contributed by atoms with Gasteiger partial charge in [-0.15, -0.1) is 12.6 Å². The quantitative estimate of drug-likeness (QED) is 0.403. The first-order valence-corrected chi connectivity index (χ1v) is 10.8. The zero-order valence-electron chi connectivity index (χ0n) is 17.3. The van der Waals surface area contributed by atoms with Crippen LogP contribution in [0.1, 0.15) is 22.9 Å². The summed E-state index contributed by atoms with van der Waals surface area (Å²) in [6, 6.07) is 25.1. The summed E-state index contributed by atoms with van der Waals surface area (Å²) in [6.07, 6.45) is 0.823. The number of nitrogens with one attached hydrogen (secondary N) is 1. The first-order valence-electron chi connectivity index (χ1n) is 10.3. The molecule has 1 aliphatic rings. The van der Waals surface area contributed by atoms with Crippen molar-refractivity contribution in [3.05, 3.63) is 89.5 Å². The van der Waals surface area contributed by atoms with Gasteiger partial charge in [-0.2, -0.15) is 0 Å². The van der Waals surface area contributed by atoms with Crippen LogP contribution in [0.3, 0.4) is 0 Å². The predicted octanol–water partition coefficient (Wildman–Crippen LogP) is 4.85. The second-order valence-electron chi connectivity index (χ2n) is 7.46. The third kappa shape index (κ3) is 5.17. The van der Waals surface area contributed by atoms with Crippen LogP contribution in [0.2, 0.25) is 0 Å². The Kier molecular flexibility index (Phi) is 6.95. The summed E-state index contributed by atoms with van der Waals surface area (Å²) in [5, 5.41) is 3.47. The number of anilines is 1. The van der Waals surface area contributed by atoms with Crippen LogP contribution in [-0.2, 0) is 17.7 Å². The molecular formula is C25H28N2O2S. The first-order chi connectivity index (χ1) is 14.7. The van der Waals surface area contributed by atoms with E-state index in [1.807, 2.05) is 12.1 Å². The van der Waals surface area contributed by atoms with Crippen molar-refractivity contribution in [3.63, 3.8) is 0 Å². The molecule has 0 aromatic heterocycles. The van der Waals surface area contributed by atoms with E-state index in [1.165, 1.54) is 11.1 Å². The van der Waals surface area contributed by atoms with E-state index >= 15 is 0 Å². The summed E-state index contributed by atoms with van der Waals surface area (Å²) in [5.74, 6) is 0.926. The van der Waals surface area contributed by atoms with Gasteiger partial charge in [0.1, 0.15) is 18.6 Å². The highest BCUT2D eigenvalue weighted by Gasteiger charge is 2.20. The van der Waals surface area contributed by atoms with E-state index in [2.05, 4.69) is 83.5 Å². The standard InChI is InChI=1S/C25H28N2O2S/c1-28-25(26-18-20-7-10-22(30)11-8-20)21-9-12-23-24(17-21)29-16-15-27(23)14-13-19-5-3-2-4-6-19/h2-12,17,25-26,30H,13-16,18H2,1H3. The van der Waals surface area contributed by atoms with Crippen LogP contribution in [-0.4, -0.2) is 26.8 Å². The highest BCUT2D eigenvalue weighted by Crippen LogP contribution is 2.34. The first kappa shape index (κ1) is 20.8. The lowest BCUT2D eigenvalue weighted by atomic mass is 10.1. The van der Waals surface area contributed by atoms with E-state index < -0.39 is 0 Å². The Labute approximate surface area is 184 Å². The van der Waals surface area contributed by atoms with Crippen molar-refractivity contribution in [2.45, 2.75) is 24.1 Å². The highest BCUT2D eigenvalue weighted by atomic mass is 32.1. The summed E-state index contributed by atoms with van der Waals surface area (Å²) in [4.78, 5) is 3.37. The van der Waals surface area contributed by atoms with Crippen molar-refractivity contribution in [2.24, 2.45) is 0 Å². The second-order valence-corrected chi connectivity index (χ2v) is 7.98. The number of methoxy groups -OCH3 is 1. The minimum Gasteiger partial charge on any atom is -0.490 e. The van der Waals surface area contributed by atoms with Crippen LogP contribution < -0.4 is 15.0 Å². The predicted molar refractivity (Wildman–Crippen MR) is 125 cm³/mol. The largest absolute Gasteiger partial charge is 0.490 e. The van der Waals surface area contributed by atoms with E-state index in [1.54, 1.807) is 7.11 Å². The molecule has 0 saturated carbocycles. The Morgan fingerprint density at radius 1 is 1.03 bits per heavy atom. The fourth-order valence-electron chi connectivity index (χ4n) is 3.76. The number of ether oxygens (including phenoxy) is 2. The Morgan fingerprint density at radius 2 is 1.83 bits per heavy atom. The average molecular weight is 421 g/mol. The minimum absolute atomic E-state index is 0.200. The van der Waals surface area contributed by atoms with E-state index in [-0.39, 0.29) is 6.23 Å². The molecule has 1 atom stereocenters. The zero-order valence-corrected chi connectivity index (χ0v) is 18.1. The van der Waals surface area contributed by atoms with Gasteiger partial charge in [0.15, 0.2) is 0 Å². The van der Waals surface area contributed by atoms with Gasteiger partial charge in [-0.25, -0.2) is 0 Å². The number of hydrogen-bond acceptors (Lipinski definition) is 5. The van der Waals surface area contributed by atoms with Crippen LogP contribution in [0.25, 0.3) is 0 Å². The number of hydrogen-bond donors (Lipinski definition) is 2. The van der Waals surface area contributed by atoms with Crippen LogP contribution in [0, 0.1) is 0 Å². The smallest absolute Gasteiger partial charge is 0.143 e. The molecule has 0 fully saturated rings. The lowest BCUT2D eigenvalue weighted by molar-refractivity contribution is 0.0718. The molecule has 3 aromatic carbocycles. The summed E-state index contributed by atoms with van der Waals surface area (Å²) in [6.45, 7) is 3.30. The second kappa shape index (κ2) is 10.0. The molecule has 1 heterocycles. The fraction of sp³-hybridized carbons (Fsp3) is 0.280. The average Bonchev–Trinajstić information content (AvgIpc) is 2.80. The van der Waals surface area contributed by atoms with Crippen molar-refractivity contribution in [1.29, 1.82) is 0 Å². The van der Waals surface area contributed by atoms with Gasteiger partial charge < -0.3 is 14.4 Å². The van der Waals surface area contributed by atoms with Gasteiger partial charge in [0.05, 0.1) is 12.2 Å². The summed E-state index contributed by atoms with van der Waals surface area (Å²) < 4.78 is 11.7. The Morgan fingerprint density at radius 3 is 2.60 bits per heavy atom. The van der Waals surface area contributed by atoms with E-state index in [0.29, 0.717) is 13.2 Å². The molecule has 4 nitrogen and oxygen atoms in total. The Bertz CT molecular complexity index is 947. The van der Waals surface area contributed by atoms with Crippen LogP contribution in [0.15, 0.2) is 77.7 Å². The maximum atomic E-state index is 5.98. The van der Waals surface area contributed by atoms with Crippen molar-refractivity contribution in [3.8, 4) is 5.75 Å². The molecule has 3 aromatic rings. The van der Waals surface area contributed by atoms with Crippen molar-refractivity contribution in [2.75, 3.05) is 31.7 Å². The van der Waals surface area contributed by atoms with Crippen LogP contribution >= 0.6 is 12.6 Å². The zero-order chi connectivity index (χ0) is 20.8. The lowest BCUT2D eigenvalue weighted by Gasteiger charge is -2.32. The molecule has 0 bridgehead atoms. The van der Waals surface area contributed by atoms with E-state index in [0.717, 1.165) is 41.4 Å². The number of thiol groups is 1. The molecule has 1 unspecified atom stereocenters. The van der Waals surface area contributed by atoms with Gasteiger partial charge >= 0.3 is 0 Å². The fourth-order valence-corrected chi connectivity index (χ4v) is 3.91. The minimum atomic E-state index is -0.200. The van der Waals surface area contributed by atoms with Gasteiger partial charge in [0, 0.05) is 25.1 Å². The Balaban J connectivity index is 1.43. The summed E-state index contributed by atoms with van der Waals surface area (Å²) in [7, 11) is 1.72. The van der Waals surface area contributed by atoms with Gasteiger partial charge in [0.25, 0.3) is 0 Å². The number of rotatable bonds is 8. The van der Waals surface area contributed by atoms with Gasteiger partial charge in [-0.3, -0.25) is 5.32 Å². The molecule has 5 heteroatoms. The van der Waals surface area contributed by atoms with E-state index in [4.69, 9.17) is 9.47 Å². The van der Waals surface area contributed by atoms with Gasteiger partial charge in [0.2, 0.25) is 0 Å². The highest BCUT2D eigenvalue weighted by molar-refractivity contribution is 7.80. The molecule has 0 amide bonds. The topological polar surface area (TPSA) is 33.7 Å². The van der Waals surface area contributed by atoms with Gasteiger partial charge in [-0.1, -0.05) is 48.5 Å². The molecule has 156 valence electrons. The Hall–Kier alpha value is -2.47. The number of fused-ring (bicyclic) bond motifs is 1. The molecule has 1 N–H and O–H groups in total. The molecule has 1 aliphatic heterocycles. The van der Waals surface area contributed by atoms with Crippen molar-refractivity contribution < 1.29 is 9.47 Å². The molecule has 0 saturated heterocycles. The number of nitrogens with zero attached hydrogens (tertiary/aromatic N) is 1. The maximum absolute atomic E-state index is 5.98. The third-order valence-corrected chi connectivity index (χ3v) is 5.72. The van der Waals surface area contributed by atoms with Crippen LogP contribution in [0.4, 0.5) is 5.69 Å². The maximum Gasteiger partial charge on any atom is 0.143 e. The SMILES string of the molecule is COC(NCc1ccc(S)cc1)c1ccc2c(c1)OCCN2CCc1ccccc1. The third-order valence-electron chi connectivity index (χ3n) is 5.42. The molecule has 0 spiro atoms. The molecule has 0 aliphatic carbocycles. The molecule has 30 heavy (non-hydrogen) atoms. The molecular weight excluding hydrogens is 392 g/mol. The summed E-state index contributed by atoms with van der Waals surface area (Å²) >= 11 is 4.34. The van der Waals surface area contributed by atoms with Crippen LogP contribution in [0.5, 0.6) is 5.75 Å². The van der Waals surface area contributed by atoms with Crippen molar-refractivity contribution in [1.82, 2.24) is 5.32 Å². The van der Waals surface area contributed by atoms with E-state index in [9.17, 15) is 0 Å². The lowest BCUT2D eigenvalue weighted by Crippen LogP contribution is -2.34. The molecule has 0 radical (unpaired) electrons.